The van der Waals surface area contributed by atoms with Crippen molar-refractivity contribution in [1.29, 1.82) is 5.26 Å². The Kier molecular flexibility index (Phi) is 2.95. The maximum atomic E-state index is 8.97. The molecule has 0 unspecified atom stereocenters. The average molecular weight is 204 g/mol. The Hall–Kier alpha value is -1.14. The predicted octanol–water partition coefficient (Wildman–Crippen LogP) is 2.11. The van der Waals surface area contributed by atoms with Crippen LogP contribution in [0.15, 0.2) is 24.3 Å². The fraction of sp³-hybridized carbons (Fsp3) is 0.364. The van der Waals surface area contributed by atoms with E-state index in [4.69, 9.17) is 5.26 Å². The fourth-order valence-electron chi connectivity index (χ4n) is 1.65. The van der Waals surface area contributed by atoms with Crippen LogP contribution in [-0.4, -0.2) is 24.6 Å². The molecule has 0 amide bonds. The van der Waals surface area contributed by atoms with Gasteiger partial charge in [-0.2, -0.15) is 17.0 Å². The van der Waals surface area contributed by atoms with Crippen LogP contribution in [0.3, 0.4) is 0 Å². The van der Waals surface area contributed by atoms with Gasteiger partial charge in [0.05, 0.1) is 11.3 Å². The molecule has 1 aliphatic rings. The van der Waals surface area contributed by atoms with Gasteiger partial charge in [0.25, 0.3) is 0 Å². The maximum Gasteiger partial charge on any atom is 0.101 e. The van der Waals surface area contributed by atoms with Crippen LogP contribution in [0.5, 0.6) is 0 Å². The second-order valence-electron chi connectivity index (χ2n) is 3.23. The van der Waals surface area contributed by atoms with Crippen LogP contribution in [0.4, 0.5) is 5.69 Å². The summed E-state index contributed by atoms with van der Waals surface area (Å²) in [6.07, 6.45) is 0. The van der Waals surface area contributed by atoms with Gasteiger partial charge in [0.15, 0.2) is 0 Å². The number of nitriles is 1. The molecule has 2 nitrogen and oxygen atoms in total. The monoisotopic (exact) mass is 204 g/mol. The lowest BCUT2D eigenvalue weighted by Gasteiger charge is -2.29. The second-order valence-corrected chi connectivity index (χ2v) is 4.45. The standard InChI is InChI=1S/C11H12N2S/c12-9-10-3-1-2-4-11(10)13-5-7-14-8-6-13/h1-4H,5-8H2. The lowest BCUT2D eigenvalue weighted by Crippen LogP contribution is -2.32. The first-order valence-electron chi connectivity index (χ1n) is 4.73. The molecule has 1 saturated heterocycles. The van der Waals surface area contributed by atoms with Gasteiger partial charge < -0.3 is 4.90 Å². The molecule has 1 aliphatic heterocycles. The van der Waals surface area contributed by atoms with E-state index < -0.39 is 0 Å². The van der Waals surface area contributed by atoms with E-state index in [9.17, 15) is 0 Å². The number of benzene rings is 1. The summed E-state index contributed by atoms with van der Waals surface area (Å²) in [5, 5.41) is 8.97. The zero-order chi connectivity index (χ0) is 9.80. The highest BCUT2D eigenvalue weighted by atomic mass is 32.2. The molecule has 3 heteroatoms. The Morgan fingerprint density at radius 2 is 1.93 bits per heavy atom. The summed E-state index contributed by atoms with van der Waals surface area (Å²) in [7, 11) is 0. The summed E-state index contributed by atoms with van der Waals surface area (Å²) < 4.78 is 0. The third-order valence-electron chi connectivity index (χ3n) is 2.38. The molecule has 0 saturated carbocycles. The van der Waals surface area contributed by atoms with Gasteiger partial charge in [-0.3, -0.25) is 0 Å². The van der Waals surface area contributed by atoms with E-state index in [0.717, 1.165) is 24.3 Å². The van der Waals surface area contributed by atoms with Crippen molar-refractivity contribution in [3.05, 3.63) is 29.8 Å². The normalized spacial score (nSPS) is 16.4. The van der Waals surface area contributed by atoms with Gasteiger partial charge in [-0.05, 0) is 12.1 Å². The molecular weight excluding hydrogens is 192 g/mol. The number of para-hydroxylation sites is 1. The van der Waals surface area contributed by atoms with Crippen LogP contribution in [0.2, 0.25) is 0 Å². The van der Waals surface area contributed by atoms with E-state index in [2.05, 4.69) is 11.0 Å². The van der Waals surface area contributed by atoms with Crippen molar-refractivity contribution in [1.82, 2.24) is 0 Å². The number of hydrogen-bond acceptors (Lipinski definition) is 3. The SMILES string of the molecule is N#Cc1ccccc1N1CCSCC1. The van der Waals surface area contributed by atoms with Crippen LogP contribution in [0.25, 0.3) is 0 Å². The first kappa shape index (κ1) is 9.42. The molecule has 14 heavy (non-hydrogen) atoms. The largest absolute Gasteiger partial charge is 0.369 e. The Morgan fingerprint density at radius 3 is 2.64 bits per heavy atom. The molecule has 0 atom stereocenters. The van der Waals surface area contributed by atoms with Gasteiger partial charge in [-0.1, -0.05) is 12.1 Å². The van der Waals surface area contributed by atoms with E-state index in [-0.39, 0.29) is 0 Å². The predicted molar refractivity (Wildman–Crippen MR) is 60.7 cm³/mol. The van der Waals surface area contributed by atoms with E-state index in [1.807, 2.05) is 36.0 Å². The van der Waals surface area contributed by atoms with Crippen molar-refractivity contribution in [3.8, 4) is 6.07 Å². The third kappa shape index (κ3) is 1.85. The Morgan fingerprint density at radius 1 is 1.21 bits per heavy atom. The van der Waals surface area contributed by atoms with Crippen molar-refractivity contribution < 1.29 is 0 Å². The summed E-state index contributed by atoms with van der Waals surface area (Å²) in [6.45, 7) is 2.12. The Bertz CT molecular complexity index is 351. The maximum absolute atomic E-state index is 8.97. The van der Waals surface area contributed by atoms with Gasteiger partial charge in [0.1, 0.15) is 6.07 Å². The van der Waals surface area contributed by atoms with E-state index in [1.54, 1.807) is 0 Å². The minimum absolute atomic E-state index is 0.791. The van der Waals surface area contributed by atoms with Crippen molar-refractivity contribution in [2.24, 2.45) is 0 Å². The molecule has 1 heterocycles. The molecule has 0 aliphatic carbocycles. The van der Waals surface area contributed by atoms with Crippen molar-refractivity contribution in [2.45, 2.75) is 0 Å². The van der Waals surface area contributed by atoms with E-state index in [0.29, 0.717) is 0 Å². The van der Waals surface area contributed by atoms with Crippen LogP contribution in [0, 0.1) is 11.3 Å². The summed E-state index contributed by atoms with van der Waals surface area (Å²) in [4.78, 5) is 2.30. The zero-order valence-electron chi connectivity index (χ0n) is 7.94. The molecule has 72 valence electrons. The number of rotatable bonds is 1. The Balaban J connectivity index is 2.26. The van der Waals surface area contributed by atoms with Gasteiger partial charge in [0.2, 0.25) is 0 Å². The van der Waals surface area contributed by atoms with Crippen molar-refractivity contribution in [3.63, 3.8) is 0 Å². The minimum atomic E-state index is 0.791. The molecule has 0 N–H and O–H groups in total. The molecule has 0 bridgehead atoms. The van der Waals surface area contributed by atoms with Gasteiger partial charge in [0, 0.05) is 24.6 Å². The number of nitrogens with zero attached hydrogens (tertiary/aromatic N) is 2. The molecule has 0 aromatic heterocycles. The topological polar surface area (TPSA) is 27.0 Å². The molecule has 1 aromatic carbocycles. The summed E-state index contributed by atoms with van der Waals surface area (Å²) in [5.74, 6) is 2.33. The first-order valence-corrected chi connectivity index (χ1v) is 5.89. The first-order chi connectivity index (χ1) is 6.92. The van der Waals surface area contributed by atoms with Crippen molar-refractivity contribution >= 4 is 17.4 Å². The van der Waals surface area contributed by atoms with Crippen LogP contribution < -0.4 is 4.90 Å². The highest BCUT2D eigenvalue weighted by Gasteiger charge is 2.13. The third-order valence-corrected chi connectivity index (χ3v) is 3.32. The number of anilines is 1. The number of hydrogen-bond donors (Lipinski definition) is 0. The molecular formula is C11H12N2S. The molecule has 2 rings (SSSR count). The van der Waals surface area contributed by atoms with E-state index >= 15 is 0 Å². The number of thioether (sulfide) groups is 1. The van der Waals surface area contributed by atoms with Gasteiger partial charge >= 0.3 is 0 Å². The quantitative estimate of drug-likeness (QED) is 0.701. The summed E-state index contributed by atoms with van der Waals surface area (Å²) in [5.41, 5.74) is 1.88. The average Bonchev–Trinajstić information content (AvgIpc) is 2.30. The van der Waals surface area contributed by atoms with Gasteiger partial charge in [-0.15, -0.1) is 0 Å². The van der Waals surface area contributed by atoms with Crippen LogP contribution in [0.1, 0.15) is 5.56 Å². The van der Waals surface area contributed by atoms with Crippen LogP contribution in [-0.2, 0) is 0 Å². The Labute approximate surface area is 88.5 Å². The van der Waals surface area contributed by atoms with E-state index in [1.165, 1.54) is 11.5 Å². The lowest BCUT2D eigenvalue weighted by molar-refractivity contribution is 0.857. The smallest absolute Gasteiger partial charge is 0.101 e. The summed E-state index contributed by atoms with van der Waals surface area (Å²) >= 11 is 1.98. The summed E-state index contributed by atoms with van der Waals surface area (Å²) in [6, 6.07) is 10.1. The molecule has 1 fully saturated rings. The second kappa shape index (κ2) is 4.39. The minimum Gasteiger partial charge on any atom is -0.369 e. The molecule has 1 aromatic rings. The zero-order valence-corrected chi connectivity index (χ0v) is 8.76. The fourth-order valence-corrected chi connectivity index (χ4v) is 2.55. The highest BCUT2D eigenvalue weighted by Crippen LogP contribution is 2.22. The molecule has 0 spiro atoms. The lowest BCUT2D eigenvalue weighted by atomic mass is 10.2. The molecule has 0 radical (unpaired) electrons. The highest BCUT2D eigenvalue weighted by molar-refractivity contribution is 7.99. The van der Waals surface area contributed by atoms with Crippen LogP contribution >= 0.6 is 11.8 Å². The van der Waals surface area contributed by atoms with Crippen molar-refractivity contribution in [2.75, 3.05) is 29.5 Å². The van der Waals surface area contributed by atoms with Gasteiger partial charge in [-0.25, -0.2) is 0 Å².